The minimum Gasteiger partial charge on any atom is -0.270 e. The lowest BCUT2D eigenvalue weighted by molar-refractivity contribution is -0.676. The number of carbonyl (C=O) groups is 2. The second kappa shape index (κ2) is 6.60. The average molecular weight is 418 g/mol. The lowest BCUT2D eigenvalue weighted by Crippen LogP contribution is -2.61. The van der Waals surface area contributed by atoms with Gasteiger partial charge < -0.3 is 0 Å². The number of amidine groups is 1. The first kappa shape index (κ1) is 19.2. The molecule has 0 aliphatic carbocycles. The Bertz CT molecular complexity index is 1290. The van der Waals surface area contributed by atoms with Gasteiger partial charge in [-0.25, -0.2) is 13.8 Å². The number of aryl methyl sites for hydroxylation is 1. The number of imidazole rings is 1. The van der Waals surface area contributed by atoms with Crippen molar-refractivity contribution in [2.45, 2.75) is 19.9 Å². The van der Waals surface area contributed by atoms with Gasteiger partial charge in [0, 0.05) is 19.7 Å². The van der Waals surface area contributed by atoms with Gasteiger partial charge in [-0.1, -0.05) is 17.1 Å². The first-order chi connectivity index (χ1) is 14.8. The van der Waals surface area contributed by atoms with Crippen molar-refractivity contribution in [1.82, 2.24) is 14.4 Å². The van der Waals surface area contributed by atoms with Crippen LogP contribution in [0.5, 0.6) is 0 Å². The molecule has 156 valence electrons. The van der Waals surface area contributed by atoms with Crippen molar-refractivity contribution in [3.8, 4) is 16.9 Å². The van der Waals surface area contributed by atoms with Crippen LogP contribution >= 0.6 is 0 Å². The molecule has 1 aromatic heterocycles. The maximum Gasteiger partial charge on any atom is 0.407 e. The highest BCUT2D eigenvalue weighted by molar-refractivity contribution is 6.18. The lowest BCUT2D eigenvalue weighted by atomic mass is 10.1. The molecule has 0 radical (unpaired) electrons. The van der Waals surface area contributed by atoms with Gasteiger partial charge in [0.25, 0.3) is 5.91 Å². The zero-order valence-corrected chi connectivity index (χ0v) is 17.6. The molecule has 0 N–H and O–H groups in total. The van der Waals surface area contributed by atoms with E-state index < -0.39 is 12.1 Å². The molecule has 1 atom stereocenters. The Morgan fingerprint density at radius 3 is 2.42 bits per heavy atom. The molecule has 5 rings (SSSR count). The normalized spacial score (nSPS) is 17.7. The van der Waals surface area contributed by atoms with Crippen molar-refractivity contribution in [2.24, 2.45) is 4.99 Å². The van der Waals surface area contributed by atoms with Crippen LogP contribution in [0.3, 0.4) is 0 Å². The van der Waals surface area contributed by atoms with Crippen LogP contribution in [0.4, 0.5) is 15.1 Å². The van der Waals surface area contributed by atoms with E-state index in [4.69, 9.17) is 4.99 Å². The number of benzene rings is 2. The molecule has 3 aromatic rings. The number of aromatic nitrogens is 2. The summed E-state index contributed by atoms with van der Waals surface area (Å²) in [5, 5.41) is 0. The number of nitrogens with zero attached hydrogens (tertiary/aromatic N) is 5. The number of imide groups is 1. The molecule has 7 nitrogen and oxygen atoms in total. The smallest absolute Gasteiger partial charge is 0.270 e. The van der Waals surface area contributed by atoms with Gasteiger partial charge in [0.05, 0.1) is 0 Å². The number of hydrogen-bond donors (Lipinski definition) is 0. The van der Waals surface area contributed by atoms with Gasteiger partial charge in [-0.3, -0.25) is 14.6 Å². The number of hydrogen-bond acceptors (Lipinski definition) is 3. The van der Waals surface area contributed by atoms with Gasteiger partial charge in [0.1, 0.15) is 23.4 Å². The van der Waals surface area contributed by atoms with Crippen LogP contribution in [0, 0.1) is 19.7 Å². The molecule has 3 amide bonds. The number of carbonyl (C=O) groups excluding carboxylic acids is 2. The van der Waals surface area contributed by atoms with Crippen LogP contribution in [0.15, 0.2) is 53.7 Å². The highest BCUT2D eigenvalue weighted by Gasteiger charge is 2.52. The van der Waals surface area contributed by atoms with E-state index in [1.54, 1.807) is 23.7 Å². The zero-order chi connectivity index (χ0) is 22.0. The highest BCUT2D eigenvalue weighted by Crippen LogP contribution is 2.36. The Hall–Kier alpha value is -3.81. The molecular formula is C23H21FN5O2+. The third kappa shape index (κ3) is 2.64. The molecule has 1 fully saturated rings. The van der Waals surface area contributed by atoms with Crippen LogP contribution in [0.2, 0.25) is 0 Å². The van der Waals surface area contributed by atoms with Crippen molar-refractivity contribution in [3.63, 3.8) is 0 Å². The number of fused-ring (bicyclic) bond motifs is 3. The summed E-state index contributed by atoms with van der Waals surface area (Å²) in [4.78, 5) is 32.7. The first-order valence-corrected chi connectivity index (χ1v) is 9.93. The van der Waals surface area contributed by atoms with E-state index in [0.717, 1.165) is 33.0 Å². The summed E-state index contributed by atoms with van der Waals surface area (Å²) in [6.45, 7) is 4.06. The van der Waals surface area contributed by atoms with E-state index >= 15 is 0 Å². The molecule has 0 saturated carbocycles. The molecule has 1 unspecified atom stereocenters. The summed E-state index contributed by atoms with van der Waals surface area (Å²) in [6.07, 6.45) is 1.85. The molecule has 8 heteroatoms. The second-order valence-corrected chi connectivity index (χ2v) is 7.89. The van der Waals surface area contributed by atoms with Crippen LogP contribution in [0.1, 0.15) is 17.2 Å². The molecule has 2 aromatic carbocycles. The first-order valence-electron chi connectivity index (χ1n) is 9.93. The zero-order valence-electron chi connectivity index (χ0n) is 17.6. The number of aliphatic imine (C=N–C) groups is 1. The maximum atomic E-state index is 13.6. The molecule has 2 aliphatic heterocycles. The summed E-state index contributed by atoms with van der Waals surface area (Å²) in [6, 6.07) is 11.1. The third-order valence-corrected chi connectivity index (χ3v) is 6.11. The second-order valence-electron chi connectivity index (χ2n) is 7.89. The molecule has 2 aliphatic rings. The van der Waals surface area contributed by atoms with E-state index in [1.807, 2.05) is 42.8 Å². The standard InChI is InChI=1S/C23H21FN5O2/c1-13-6-5-7-17(14(13)2)29-18(15-8-10-16(24)11-9-15)12-28-19-20(25-22(28)29)26(3)23(31)27(4)21(19)30/h5-12,19H,1-4H3/q+1. The number of amides is 3. The molecule has 0 bridgehead atoms. The fraction of sp³-hybridized carbons (Fsp3) is 0.217. The fourth-order valence-electron chi connectivity index (χ4n) is 4.18. The minimum atomic E-state index is -0.728. The van der Waals surface area contributed by atoms with Crippen molar-refractivity contribution in [1.29, 1.82) is 0 Å². The van der Waals surface area contributed by atoms with Crippen LogP contribution in [-0.2, 0) is 4.79 Å². The quantitative estimate of drug-likeness (QED) is 0.600. The highest BCUT2D eigenvalue weighted by atomic mass is 19.1. The minimum absolute atomic E-state index is 0.321. The van der Waals surface area contributed by atoms with Gasteiger partial charge in [-0.05, 0) is 55.3 Å². The summed E-state index contributed by atoms with van der Waals surface area (Å²) in [7, 11) is 3.09. The lowest BCUT2D eigenvalue weighted by Gasteiger charge is -2.30. The molecule has 0 spiro atoms. The summed E-state index contributed by atoms with van der Waals surface area (Å²) >= 11 is 0. The predicted octanol–water partition coefficient (Wildman–Crippen LogP) is 3.30. The third-order valence-electron chi connectivity index (χ3n) is 6.11. The monoisotopic (exact) mass is 418 g/mol. The molecular weight excluding hydrogens is 397 g/mol. The van der Waals surface area contributed by atoms with Gasteiger partial charge in [0.15, 0.2) is 0 Å². The molecule has 3 heterocycles. The van der Waals surface area contributed by atoms with Gasteiger partial charge in [0.2, 0.25) is 11.9 Å². The number of rotatable bonds is 2. The SMILES string of the molecule is Cc1cccc(-n2c(-c3ccc(F)cc3)c[n+]3c2N=C2C3C(=O)N(C)C(=O)N2C)c1C. The van der Waals surface area contributed by atoms with Crippen LogP contribution in [0.25, 0.3) is 16.9 Å². The maximum absolute atomic E-state index is 13.6. The predicted molar refractivity (Wildman–Crippen MR) is 113 cm³/mol. The Balaban J connectivity index is 1.81. The van der Waals surface area contributed by atoms with E-state index in [9.17, 15) is 14.0 Å². The Morgan fingerprint density at radius 1 is 1.00 bits per heavy atom. The number of urea groups is 1. The summed E-state index contributed by atoms with van der Waals surface area (Å²) in [5.74, 6) is 0.275. The van der Waals surface area contributed by atoms with E-state index in [2.05, 4.69) is 0 Å². The topological polar surface area (TPSA) is 61.8 Å². The van der Waals surface area contributed by atoms with E-state index in [1.165, 1.54) is 24.1 Å². The van der Waals surface area contributed by atoms with Crippen molar-refractivity contribution < 1.29 is 18.5 Å². The summed E-state index contributed by atoms with van der Waals surface area (Å²) in [5.41, 5.74) is 4.66. The van der Waals surface area contributed by atoms with Crippen LogP contribution in [-0.4, -0.2) is 46.2 Å². The Labute approximate surface area is 178 Å². The average Bonchev–Trinajstić information content (AvgIpc) is 3.30. The Kier molecular flexibility index (Phi) is 4.08. The van der Waals surface area contributed by atoms with E-state index in [0.29, 0.717) is 11.8 Å². The Morgan fingerprint density at radius 2 is 1.71 bits per heavy atom. The van der Waals surface area contributed by atoms with Gasteiger partial charge >= 0.3 is 12.0 Å². The van der Waals surface area contributed by atoms with Crippen molar-refractivity contribution in [2.75, 3.05) is 14.1 Å². The molecule has 31 heavy (non-hydrogen) atoms. The fourth-order valence-corrected chi connectivity index (χ4v) is 4.18. The largest absolute Gasteiger partial charge is 0.407 e. The molecule has 1 saturated heterocycles. The van der Waals surface area contributed by atoms with Crippen molar-refractivity contribution in [3.05, 3.63) is 65.6 Å². The van der Waals surface area contributed by atoms with Crippen molar-refractivity contribution >= 4 is 23.7 Å². The number of halogens is 1. The van der Waals surface area contributed by atoms with E-state index in [-0.39, 0.29) is 11.7 Å². The van der Waals surface area contributed by atoms with Gasteiger partial charge in [-0.2, -0.15) is 4.57 Å². The summed E-state index contributed by atoms with van der Waals surface area (Å²) < 4.78 is 17.3. The van der Waals surface area contributed by atoms with Gasteiger partial charge in [-0.15, -0.1) is 0 Å². The number of likely N-dealkylation sites (N-methyl/N-ethyl adjacent to an activating group) is 2. The van der Waals surface area contributed by atoms with Crippen LogP contribution < -0.4 is 4.57 Å².